The summed E-state index contributed by atoms with van der Waals surface area (Å²) >= 11 is 0. The molecule has 0 aliphatic heterocycles. The van der Waals surface area contributed by atoms with Crippen molar-refractivity contribution in [3.05, 3.63) is 13.1 Å². The van der Waals surface area contributed by atoms with Gasteiger partial charge in [-0.3, -0.25) is 0 Å². The molecule has 0 fully saturated rings. The molecule has 0 aliphatic rings. The third-order valence-electron chi connectivity index (χ3n) is 0. The average Bonchev–Trinajstić information content (AvgIpc) is 1.50. The van der Waals surface area contributed by atoms with E-state index >= 15 is 0 Å². The first-order valence-electron chi connectivity index (χ1n) is 0.447. The Morgan fingerprint density at radius 1 is 0.800 bits per heavy atom. The van der Waals surface area contributed by atoms with Crippen LogP contribution in [0.1, 0.15) is 0 Å². The summed E-state index contributed by atoms with van der Waals surface area (Å²) < 4.78 is 0. The fourth-order valence-corrected chi connectivity index (χ4v) is 0. The second-order valence-electron chi connectivity index (χ2n) is 0. The summed E-state index contributed by atoms with van der Waals surface area (Å²) in [6.45, 7) is 9.50. The number of rotatable bonds is 0. The number of hydrogen-bond donors (Lipinski definition) is 0. The van der Waals surface area contributed by atoms with Gasteiger partial charge < -0.3 is 23.7 Å². The van der Waals surface area contributed by atoms with E-state index in [1.807, 2.05) is 0 Å². The number of nitrogens with zero attached hydrogens (tertiary/aromatic N) is 2. The van der Waals surface area contributed by atoms with Crippen LogP contribution in [0.2, 0.25) is 0 Å². The van der Waals surface area contributed by atoms with Gasteiger partial charge in [-0.1, -0.05) is 0 Å². The molecular formula is C2H2N2Pb. The molecule has 24 valence electrons. The molecule has 3 heteroatoms. The molecule has 0 aromatic carbocycles. The Balaban J connectivity index is -0.0000000133. The summed E-state index contributed by atoms with van der Waals surface area (Å²) in [7, 11) is 0. The van der Waals surface area contributed by atoms with Crippen LogP contribution in [-0.2, 0) is 0 Å². The molecule has 0 bridgehead atoms. The van der Waals surface area contributed by atoms with E-state index < -0.39 is 0 Å². The molecule has 0 radical (unpaired) electrons. The summed E-state index contributed by atoms with van der Waals surface area (Å²) in [5.41, 5.74) is 0. The van der Waals surface area contributed by atoms with Crippen molar-refractivity contribution in [2.45, 2.75) is 0 Å². The Morgan fingerprint density at radius 2 is 0.800 bits per heavy atom. The molecule has 0 amide bonds. The van der Waals surface area contributed by atoms with Crippen molar-refractivity contribution in [1.82, 2.24) is 0 Å². The van der Waals surface area contributed by atoms with Crippen LogP contribution in [0.3, 0.4) is 0 Å². The van der Waals surface area contributed by atoms with Gasteiger partial charge in [-0.05, 0) is 0 Å². The predicted octanol–water partition coefficient (Wildman–Crippen LogP) is -0.723. The first-order valence-corrected chi connectivity index (χ1v) is 0.447. The minimum atomic E-state index is 0. The maximum atomic E-state index is 6.25. The SMILES string of the molecule is [C-]#N.[C-]#N.[PbH2+2]. The maximum absolute atomic E-state index is 6.25. The zero-order valence-electron chi connectivity index (χ0n) is 2.60. The van der Waals surface area contributed by atoms with E-state index in [2.05, 4.69) is 0 Å². The van der Waals surface area contributed by atoms with E-state index in [0.717, 1.165) is 0 Å². The Hall–Kier alpha value is -0.0979. The van der Waals surface area contributed by atoms with Crippen LogP contribution in [0.5, 0.6) is 0 Å². The second kappa shape index (κ2) is 3430. The molecule has 0 saturated carbocycles. The van der Waals surface area contributed by atoms with Gasteiger partial charge in [0.15, 0.2) is 0 Å². The van der Waals surface area contributed by atoms with Crippen LogP contribution in [0.25, 0.3) is 0 Å². The first-order chi connectivity index (χ1) is 2.00. The van der Waals surface area contributed by atoms with Crippen molar-refractivity contribution < 1.29 is 0 Å². The molecule has 0 rings (SSSR count). The Kier molecular flexibility index (Phi) is 14100. The summed E-state index contributed by atoms with van der Waals surface area (Å²) in [6.07, 6.45) is 0. The second-order valence-corrected chi connectivity index (χ2v) is 0. The molecule has 5 heavy (non-hydrogen) atoms. The van der Waals surface area contributed by atoms with Crippen molar-refractivity contribution in [1.29, 1.82) is 10.5 Å². The fourth-order valence-electron chi connectivity index (χ4n) is 0. The molecule has 0 spiro atoms. The van der Waals surface area contributed by atoms with Crippen molar-refractivity contribution >= 4 is 27.3 Å². The molecule has 0 heterocycles. The van der Waals surface area contributed by atoms with Gasteiger partial charge in [-0.15, -0.1) is 0 Å². The van der Waals surface area contributed by atoms with Crippen LogP contribution in [0, 0.1) is 23.7 Å². The summed E-state index contributed by atoms with van der Waals surface area (Å²) in [6, 6.07) is 0. The standard InChI is InChI=1S/2CN.Pb.2H/c2*1-2;;;/q2*-1;+2;;. The Bertz CT molecular complexity index is 23.1. The normalized spacial score (nSPS) is 0.800. The van der Waals surface area contributed by atoms with Gasteiger partial charge in [-0.2, -0.15) is 0 Å². The molecule has 0 saturated heterocycles. The van der Waals surface area contributed by atoms with Gasteiger partial charge in [0, 0.05) is 0 Å². The third kappa shape index (κ3) is 1470. The Labute approximate surface area is 51.2 Å². The van der Waals surface area contributed by atoms with E-state index in [1.54, 1.807) is 0 Å². The first kappa shape index (κ1) is 20.6. The molecule has 0 unspecified atom stereocenters. The van der Waals surface area contributed by atoms with Crippen molar-refractivity contribution in [2.75, 3.05) is 0 Å². The Morgan fingerprint density at radius 3 is 0.800 bits per heavy atom. The van der Waals surface area contributed by atoms with Gasteiger partial charge in [0.1, 0.15) is 0 Å². The van der Waals surface area contributed by atoms with Gasteiger partial charge in [0.25, 0.3) is 0 Å². The van der Waals surface area contributed by atoms with E-state index in [9.17, 15) is 0 Å². The molecule has 0 aliphatic carbocycles. The van der Waals surface area contributed by atoms with E-state index in [0.29, 0.717) is 0 Å². The topological polar surface area (TPSA) is 47.6 Å². The molecule has 0 aromatic rings. The van der Waals surface area contributed by atoms with Crippen molar-refractivity contribution in [3.63, 3.8) is 0 Å². The minimum absolute atomic E-state index is 0. The van der Waals surface area contributed by atoms with Crippen LogP contribution in [0.15, 0.2) is 0 Å². The third-order valence-corrected chi connectivity index (χ3v) is 0. The van der Waals surface area contributed by atoms with Crippen molar-refractivity contribution in [2.24, 2.45) is 0 Å². The van der Waals surface area contributed by atoms with E-state index in [1.165, 1.54) is 0 Å². The van der Waals surface area contributed by atoms with Gasteiger partial charge >= 0.3 is 27.3 Å². The monoisotopic (exact) mass is 262 g/mol. The zero-order valence-corrected chi connectivity index (χ0v) is 8.10. The van der Waals surface area contributed by atoms with Gasteiger partial charge in [0.05, 0.1) is 0 Å². The quantitative estimate of drug-likeness (QED) is 0.426. The van der Waals surface area contributed by atoms with Crippen LogP contribution < -0.4 is 0 Å². The van der Waals surface area contributed by atoms with Crippen LogP contribution in [0.4, 0.5) is 0 Å². The molecular weight excluding hydrogens is 259 g/mol. The average molecular weight is 261 g/mol. The molecule has 2 nitrogen and oxygen atoms in total. The summed E-state index contributed by atoms with van der Waals surface area (Å²) in [5.74, 6) is 0. The van der Waals surface area contributed by atoms with Crippen LogP contribution in [-0.4, -0.2) is 27.3 Å². The molecule has 0 N–H and O–H groups in total. The number of hydrogen-bond acceptors (Lipinski definition) is 2. The summed E-state index contributed by atoms with van der Waals surface area (Å²) in [5, 5.41) is 12.5. The zero-order chi connectivity index (χ0) is 4.00. The predicted molar refractivity (Wildman–Crippen MR) is 18.5 cm³/mol. The van der Waals surface area contributed by atoms with E-state index in [4.69, 9.17) is 23.7 Å². The van der Waals surface area contributed by atoms with Crippen molar-refractivity contribution in [3.8, 4) is 0 Å². The van der Waals surface area contributed by atoms with Gasteiger partial charge in [-0.25, -0.2) is 0 Å². The van der Waals surface area contributed by atoms with Gasteiger partial charge in [0.2, 0.25) is 0 Å². The van der Waals surface area contributed by atoms with Crippen LogP contribution >= 0.6 is 0 Å². The van der Waals surface area contributed by atoms with E-state index in [-0.39, 0.29) is 27.3 Å². The molecule has 0 atom stereocenters. The fraction of sp³-hybridized carbons (Fsp3) is 0. The summed E-state index contributed by atoms with van der Waals surface area (Å²) in [4.78, 5) is 0. The molecule has 0 aromatic heterocycles.